The van der Waals surface area contributed by atoms with E-state index >= 15 is 0 Å². The Morgan fingerprint density at radius 2 is 1.00 bits per heavy atom. The first-order chi connectivity index (χ1) is 14.7. The molecule has 0 spiro atoms. The summed E-state index contributed by atoms with van der Waals surface area (Å²) in [6, 6.07) is 0. The highest BCUT2D eigenvalue weighted by molar-refractivity contribution is 5.80. The van der Waals surface area contributed by atoms with Gasteiger partial charge in [0.15, 0.2) is 12.4 Å². The van der Waals surface area contributed by atoms with Crippen LogP contribution in [0, 0.1) is 27.7 Å². The van der Waals surface area contributed by atoms with E-state index in [0.717, 1.165) is 6.42 Å². The van der Waals surface area contributed by atoms with Gasteiger partial charge in [0.25, 0.3) is 0 Å². The molecule has 4 heterocycles. The van der Waals surface area contributed by atoms with Crippen LogP contribution >= 0.6 is 0 Å². The van der Waals surface area contributed by atoms with Crippen LogP contribution in [0.15, 0.2) is 33.7 Å². The van der Waals surface area contributed by atoms with Crippen molar-refractivity contribution in [3.63, 3.8) is 0 Å². The molecule has 0 atom stereocenters. The SMILES string of the molecule is CC1=C(C)/C(=C/c2[nH]c(Cc3[nH]c(/C=C4\[NH+]=CC(C)=C4C)c(C)c3C)c(C)c2C)[NH+]=C1. The van der Waals surface area contributed by atoms with Crippen LogP contribution in [0.25, 0.3) is 12.2 Å². The molecule has 4 rings (SSSR count). The number of H-pyrrole nitrogens is 2. The lowest BCUT2D eigenvalue weighted by molar-refractivity contribution is -0.381. The molecule has 0 aromatic carbocycles. The Labute approximate surface area is 185 Å². The summed E-state index contributed by atoms with van der Waals surface area (Å²) >= 11 is 0. The van der Waals surface area contributed by atoms with Gasteiger partial charge in [-0.15, -0.1) is 0 Å². The molecule has 2 aromatic heterocycles. The molecule has 0 saturated carbocycles. The van der Waals surface area contributed by atoms with E-state index in [2.05, 4.69) is 99.9 Å². The minimum atomic E-state index is 0.868. The molecule has 31 heavy (non-hydrogen) atoms. The maximum Gasteiger partial charge on any atom is 0.209 e. The zero-order valence-corrected chi connectivity index (χ0v) is 20.0. The van der Waals surface area contributed by atoms with E-state index in [1.165, 1.54) is 78.7 Å². The molecule has 2 aromatic rings. The maximum absolute atomic E-state index is 3.69. The molecule has 0 amide bonds. The Morgan fingerprint density at radius 1 is 0.613 bits per heavy atom. The molecule has 0 saturated heterocycles. The van der Waals surface area contributed by atoms with E-state index in [-0.39, 0.29) is 0 Å². The zero-order valence-electron chi connectivity index (χ0n) is 20.0. The molecule has 0 fully saturated rings. The first kappa shape index (κ1) is 21.1. The van der Waals surface area contributed by atoms with Crippen LogP contribution in [0.5, 0.6) is 0 Å². The quantitative estimate of drug-likeness (QED) is 0.595. The van der Waals surface area contributed by atoms with Crippen molar-refractivity contribution in [3.05, 3.63) is 78.7 Å². The second kappa shape index (κ2) is 7.84. The average Bonchev–Trinajstić information content (AvgIpc) is 3.40. The Balaban J connectivity index is 1.66. The maximum atomic E-state index is 3.69. The molecule has 160 valence electrons. The van der Waals surface area contributed by atoms with Gasteiger partial charge >= 0.3 is 0 Å². The van der Waals surface area contributed by atoms with Crippen molar-refractivity contribution in [1.82, 2.24) is 9.97 Å². The highest BCUT2D eigenvalue weighted by atomic mass is 14.8. The van der Waals surface area contributed by atoms with Gasteiger partial charge in [0.2, 0.25) is 11.4 Å². The summed E-state index contributed by atoms with van der Waals surface area (Å²) < 4.78 is 0. The largest absolute Gasteiger partial charge is 0.358 e. The van der Waals surface area contributed by atoms with Gasteiger partial charge in [-0.3, -0.25) is 0 Å². The number of hydrogen-bond donors (Lipinski definition) is 4. The van der Waals surface area contributed by atoms with Crippen molar-refractivity contribution in [1.29, 1.82) is 0 Å². The third kappa shape index (κ3) is 3.71. The van der Waals surface area contributed by atoms with E-state index in [4.69, 9.17) is 0 Å². The molecule has 4 N–H and O–H groups in total. The van der Waals surface area contributed by atoms with E-state index in [1.54, 1.807) is 0 Å². The summed E-state index contributed by atoms with van der Waals surface area (Å²) in [6.45, 7) is 17.5. The van der Waals surface area contributed by atoms with Crippen LogP contribution in [0.2, 0.25) is 0 Å². The van der Waals surface area contributed by atoms with Crippen LogP contribution in [-0.2, 0) is 6.42 Å². The van der Waals surface area contributed by atoms with E-state index < -0.39 is 0 Å². The van der Waals surface area contributed by atoms with Gasteiger partial charge in [-0.25, -0.2) is 9.98 Å². The molecule has 2 aliphatic rings. The summed E-state index contributed by atoms with van der Waals surface area (Å²) in [5, 5.41) is 0. The molecule has 4 heteroatoms. The average molecular weight is 415 g/mol. The Kier molecular flexibility index (Phi) is 5.34. The minimum Gasteiger partial charge on any atom is -0.358 e. The predicted octanol–water partition coefficient (Wildman–Crippen LogP) is 2.85. The molecular formula is C27H34N4+2. The van der Waals surface area contributed by atoms with Crippen molar-refractivity contribution in [2.24, 2.45) is 0 Å². The van der Waals surface area contributed by atoms with Crippen LogP contribution < -0.4 is 9.98 Å². The highest BCUT2D eigenvalue weighted by Crippen LogP contribution is 2.27. The topological polar surface area (TPSA) is 59.5 Å². The first-order valence-corrected chi connectivity index (χ1v) is 11.0. The first-order valence-electron chi connectivity index (χ1n) is 11.0. The fraction of sp³-hybridized carbons (Fsp3) is 0.333. The van der Waals surface area contributed by atoms with Gasteiger partial charge in [0, 0.05) is 63.6 Å². The molecule has 0 radical (unpaired) electrons. The van der Waals surface area contributed by atoms with Gasteiger partial charge in [-0.05, 0) is 77.6 Å². The van der Waals surface area contributed by atoms with Gasteiger partial charge in [-0.1, -0.05) is 0 Å². The molecule has 0 bridgehead atoms. The number of hydrogen-bond acceptors (Lipinski definition) is 0. The zero-order chi connectivity index (χ0) is 22.4. The van der Waals surface area contributed by atoms with E-state index in [9.17, 15) is 0 Å². The Morgan fingerprint density at radius 3 is 1.32 bits per heavy atom. The van der Waals surface area contributed by atoms with Crippen molar-refractivity contribution < 1.29 is 9.98 Å². The normalized spacial score (nSPS) is 18.7. The van der Waals surface area contributed by atoms with Crippen molar-refractivity contribution in [3.8, 4) is 0 Å². The predicted molar refractivity (Wildman–Crippen MR) is 130 cm³/mol. The number of aromatic nitrogens is 2. The number of allylic oxidation sites excluding steroid dienone is 4. The Bertz CT molecular complexity index is 1160. The third-order valence-electron chi connectivity index (χ3n) is 7.22. The molecule has 2 aliphatic heterocycles. The summed E-state index contributed by atoms with van der Waals surface area (Å²) in [7, 11) is 0. The van der Waals surface area contributed by atoms with E-state index in [0.29, 0.717) is 0 Å². The van der Waals surface area contributed by atoms with Crippen LogP contribution in [0.1, 0.15) is 72.7 Å². The summed E-state index contributed by atoms with van der Waals surface area (Å²) in [4.78, 5) is 14.2. The standard InChI is InChI=1S/C27H32N4/c1-14-12-28-22(16(14)3)9-24-18(5)20(7)26(30-24)11-27-21(8)19(6)25(31-27)10-23-17(4)15(2)13-29-23/h9-10,12-13,30-31H,11H2,1-8H3/p+2/b22-9-,23-10-. The number of nitrogens with one attached hydrogen (secondary N) is 4. The number of rotatable bonds is 4. The lowest BCUT2D eigenvalue weighted by Gasteiger charge is -2.01. The second-order valence-corrected chi connectivity index (χ2v) is 9.02. The Hall–Kier alpha value is -3.14. The fourth-order valence-electron chi connectivity index (χ4n) is 4.19. The van der Waals surface area contributed by atoms with Crippen LogP contribution in [0.4, 0.5) is 0 Å². The van der Waals surface area contributed by atoms with Gasteiger partial charge in [0.05, 0.1) is 0 Å². The highest BCUT2D eigenvalue weighted by Gasteiger charge is 2.20. The summed E-state index contributed by atoms with van der Waals surface area (Å²) in [6.07, 6.45) is 9.48. The lowest BCUT2D eigenvalue weighted by Crippen LogP contribution is -2.64. The van der Waals surface area contributed by atoms with Gasteiger partial charge in [0.1, 0.15) is 0 Å². The van der Waals surface area contributed by atoms with E-state index in [1.807, 2.05) is 0 Å². The minimum absolute atomic E-state index is 0.868. The van der Waals surface area contributed by atoms with Gasteiger partial charge in [-0.2, -0.15) is 0 Å². The molecule has 4 nitrogen and oxygen atoms in total. The molecule has 0 aliphatic carbocycles. The number of aromatic amines is 2. The third-order valence-corrected chi connectivity index (χ3v) is 7.22. The second-order valence-electron chi connectivity index (χ2n) is 9.02. The smallest absolute Gasteiger partial charge is 0.209 e. The van der Waals surface area contributed by atoms with Crippen molar-refractivity contribution in [2.45, 2.75) is 61.8 Å². The summed E-state index contributed by atoms with van der Waals surface area (Å²) in [5.41, 5.74) is 17.7. The monoisotopic (exact) mass is 414 g/mol. The summed E-state index contributed by atoms with van der Waals surface area (Å²) in [5.74, 6) is 0. The lowest BCUT2D eigenvalue weighted by atomic mass is 10.0. The van der Waals surface area contributed by atoms with Crippen molar-refractivity contribution >= 4 is 24.6 Å². The fourth-order valence-corrected chi connectivity index (χ4v) is 4.19. The van der Waals surface area contributed by atoms with Gasteiger partial charge < -0.3 is 9.97 Å². The van der Waals surface area contributed by atoms with Crippen molar-refractivity contribution in [2.75, 3.05) is 0 Å². The van der Waals surface area contributed by atoms with Crippen LogP contribution in [0.3, 0.4) is 0 Å². The van der Waals surface area contributed by atoms with Crippen LogP contribution in [-0.4, -0.2) is 22.4 Å². The molecule has 0 unspecified atom stereocenters. The molecular weight excluding hydrogens is 380 g/mol.